The summed E-state index contributed by atoms with van der Waals surface area (Å²) >= 11 is 0. The Balaban J connectivity index is 3.04. The molecule has 7 heteroatoms. The first-order valence-corrected chi connectivity index (χ1v) is 4.73. The number of nitrogens with zero attached hydrogens (tertiary/aromatic N) is 2. The summed E-state index contributed by atoms with van der Waals surface area (Å²) in [6.45, 7) is 3.67. The van der Waals surface area contributed by atoms with Gasteiger partial charge in [0, 0.05) is 11.8 Å². The van der Waals surface area contributed by atoms with Crippen LogP contribution >= 0.6 is 0 Å². The van der Waals surface area contributed by atoms with Gasteiger partial charge in [0.1, 0.15) is 18.1 Å². The number of hydrogen-bond donors (Lipinski definition) is 2. The van der Waals surface area contributed by atoms with Crippen molar-refractivity contribution < 1.29 is 13.2 Å². The van der Waals surface area contributed by atoms with Gasteiger partial charge in [0.25, 0.3) is 0 Å². The van der Waals surface area contributed by atoms with Crippen molar-refractivity contribution in [1.29, 1.82) is 0 Å². The van der Waals surface area contributed by atoms with Gasteiger partial charge in [-0.3, -0.25) is 0 Å². The summed E-state index contributed by atoms with van der Waals surface area (Å²) in [4.78, 5) is 7.49. The van der Waals surface area contributed by atoms with Crippen molar-refractivity contribution in [2.45, 2.75) is 32.4 Å². The summed E-state index contributed by atoms with van der Waals surface area (Å²) in [6.07, 6.45) is -5.47. The molecule has 0 saturated heterocycles. The van der Waals surface area contributed by atoms with Crippen molar-refractivity contribution in [3.05, 3.63) is 17.6 Å². The molecule has 0 amide bonds. The molecule has 1 aromatic rings. The van der Waals surface area contributed by atoms with Crippen LogP contribution in [-0.4, -0.2) is 16.1 Å². The largest absolute Gasteiger partial charge is 0.396 e. The van der Waals surface area contributed by atoms with Crippen LogP contribution in [0.3, 0.4) is 0 Å². The van der Waals surface area contributed by atoms with Crippen molar-refractivity contribution in [2.75, 3.05) is 5.43 Å². The summed E-state index contributed by atoms with van der Waals surface area (Å²) < 4.78 is 36.5. The number of alkyl halides is 3. The molecule has 0 aliphatic heterocycles. The second kappa shape index (κ2) is 4.65. The van der Waals surface area contributed by atoms with Gasteiger partial charge in [0.2, 0.25) is 0 Å². The van der Waals surface area contributed by atoms with E-state index in [2.05, 4.69) is 15.4 Å². The molecule has 0 aromatic carbocycles. The number of nitrogens with one attached hydrogen (secondary N) is 1. The highest BCUT2D eigenvalue weighted by atomic mass is 19.4. The molecule has 4 nitrogen and oxygen atoms in total. The van der Waals surface area contributed by atoms with Crippen molar-refractivity contribution >= 4 is 5.82 Å². The highest BCUT2D eigenvalue weighted by Crippen LogP contribution is 2.22. The molecule has 0 aliphatic carbocycles. The molecule has 0 fully saturated rings. The number of halogens is 3. The molecule has 0 unspecified atom stereocenters. The minimum atomic E-state index is -4.32. The maximum Gasteiger partial charge on any atom is 0.396 e. The van der Waals surface area contributed by atoms with E-state index in [4.69, 9.17) is 5.84 Å². The Kier molecular flexibility index (Phi) is 3.69. The van der Waals surface area contributed by atoms with Gasteiger partial charge in [-0.2, -0.15) is 13.2 Å². The summed E-state index contributed by atoms with van der Waals surface area (Å²) in [5.41, 5.74) is 2.76. The number of rotatable bonds is 3. The van der Waals surface area contributed by atoms with Crippen molar-refractivity contribution in [1.82, 2.24) is 9.97 Å². The first-order valence-electron chi connectivity index (χ1n) is 4.73. The number of nitrogens with two attached hydrogens (primary N) is 1. The lowest BCUT2D eigenvalue weighted by atomic mass is 10.1. The van der Waals surface area contributed by atoms with E-state index in [0.717, 1.165) is 0 Å². The van der Waals surface area contributed by atoms with Crippen LogP contribution in [0.5, 0.6) is 0 Å². The molecular weight excluding hydrogens is 221 g/mol. The predicted molar refractivity (Wildman–Crippen MR) is 53.7 cm³/mol. The highest BCUT2D eigenvalue weighted by Gasteiger charge is 2.29. The van der Waals surface area contributed by atoms with Crippen molar-refractivity contribution in [3.8, 4) is 0 Å². The van der Waals surface area contributed by atoms with Crippen LogP contribution in [0, 0.1) is 0 Å². The number of nitrogen functional groups attached to an aromatic ring is 1. The molecule has 0 saturated carbocycles. The normalized spacial score (nSPS) is 11.9. The zero-order chi connectivity index (χ0) is 12.3. The molecular formula is C9H13F3N4. The monoisotopic (exact) mass is 234 g/mol. The van der Waals surface area contributed by atoms with E-state index in [9.17, 15) is 13.2 Å². The Morgan fingerprint density at radius 2 is 2.00 bits per heavy atom. The van der Waals surface area contributed by atoms with E-state index in [1.165, 1.54) is 6.07 Å². The van der Waals surface area contributed by atoms with E-state index in [1.54, 1.807) is 0 Å². The first-order chi connectivity index (χ1) is 7.31. The second-order valence-electron chi connectivity index (χ2n) is 3.69. The van der Waals surface area contributed by atoms with Gasteiger partial charge in [-0.05, 0) is 5.92 Å². The molecule has 1 rings (SSSR count). The number of anilines is 1. The second-order valence-corrected chi connectivity index (χ2v) is 3.69. The third-order valence-electron chi connectivity index (χ3n) is 1.89. The fraction of sp³-hybridized carbons (Fsp3) is 0.556. The number of aromatic nitrogens is 2. The third-order valence-corrected chi connectivity index (χ3v) is 1.89. The van der Waals surface area contributed by atoms with Crippen LogP contribution in [-0.2, 0) is 6.42 Å². The van der Waals surface area contributed by atoms with E-state index in [1.807, 2.05) is 13.8 Å². The maximum atomic E-state index is 12.2. The number of hydrazine groups is 1. The Bertz CT molecular complexity index is 362. The van der Waals surface area contributed by atoms with Crippen LogP contribution in [0.4, 0.5) is 19.0 Å². The zero-order valence-electron chi connectivity index (χ0n) is 8.97. The highest BCUT2D eigenvalue weighted by molar-refractivity contribution is 5.35. The number of hydrogen-bond acceptors (Lipinski definition) is 4. The van der Waals surface area contributed by atoms with Crippen molar-refractivity contribution in [3.63, 3.8) is 0 Å². The smallest absolute Gasteiger partial charge is 0.308 e. The maximum absolute atomic E-state index is 12.2. The van der Waals surface area contributed by atoms with E-state index >= 15 is 0 Å². The molecule has 0 spiro atoms. The molecule has 16 heavy (non-hydrogen) atoms. The minimum Gasteiger partial charge on any atom is -0.308 e. The summed E-state index contributed by atoms with van der Waals surface area (Å²) in [7, 11) is 0. The quantitative estimate of drug-likeness (QED) is 0.620. The average Bonchev–Trinajstić information content (AvgIpc) is 2.14. The van der Waals surface area contributed by atoms with Crippen LogP contribution in [0.1, 0.15) is 31.3 Å². The van der Waals surface area contributed by atoms with Crippen LogP contribution in [0.25, 0.3) is 0 Å². The standard InChI is InChI=1S/C9H13F3N4/c1-5(2)6-3-7(16-13)15-8(14-6)4-9(10,11)12/h3,5H,4,13H2,1-2H3,(H,14,15,16). The first kappa shape index (κ1) is 12.7. The van der Waals surface area contributed by atoms with Gasteiger partial charge < -0.3 is 5.43 Å². The van der Waals surface area contributed by atoms with Crippen LogP contribution in [0.2, 0.25) is 0 Å². The average molecular weight is 234 g/mol. The lowest BCUT2D eigenvalue weighted by Gasteiger charge is -2.11. The Morgan fingerprint density at radius 3 is 2.44 bits per heavy atom. The molecule has 0 atom stereocenters. The Labute approximate surface area is 91.1 Å². The van der Waals surface area contributed by atoms with Gasteiger partial charge in [-0.25, -0.2) is 15.8 Å². The molecule has 90 valence electrons. The van der Waals surface area contributed by atoms with Crippen molar-refractivity contribution in [2.24, 2.45) is 5.84 Å². The minimum absolute atomic E-state index is 0.0158. The molecule has 1 aromatic heterocycles. The molecule has 3 N–H and O–H groups in total. The molecule has 1 heterocycles. The Hall–Kier alpha value is -1.37. The van der Waals surface area contributed by atoms with E-state index < -0.39 is 12.6 Å². The van der Waals surface area contributed by atoms with Crippen LogP contribution < -0.4 is 11.3 Å². The predicted octanol–water partition coefficient (Wildman–Crippen LogP) is 1.99. The van der Waals surface area contributed by atoms with Gasteiger partial charge in [0.05, 0.1) is 0 Å². The molecule has 0 bridgehead atoms. The van der Waals surface area contributed by atoms with Gasteiger partial charge in [-0.15, -0.1) is 0 Å². The van der Waals surface area contributed by atoms with E-state index in [-0.39, 0.29) is 17.6 Å². The third kappa shape index (κ3) is 3.65. The van der Waals surface area contributed by atoms with E-state index in [0.29, 0.717) is 5.69 Å². The topological polar surface area (TPSA) is 63.8 Å². The lowest BCUT2D eigenvalue weighted by Crippen LogP contribution is -2.17. The van der Waals surface area contributed by atoms with Gasteiger partial charge in [0.15, 0.2) is 0 Å². The molecule has 0 radical (unpaired) electrons. The Morgan fingerprint density at radius 1 is 1.38 bits per heavy atom. The SMILES string of the molecule is CC(C)c1cc(NN)nc(CC(F)(F)F)n1. The van der Waals surface area contributed by atoms with Gasteiger partial charge in [-0.1, -0.05) is 13.8 Å². The zero-order valence-corrected chi connectivity index (χ0v) is 8.97. The summed E-state index contributed by atoms with van der Waals surface area (Å²) in [6, 6.07) is 1.53. The molecule has 0 aliphatic rings. The summed E-state index contributed by atoms with van der Waals surface area (Å²) in [5, 5.41) is 0. The fourth-order valence-electron chi connectivity index (χ4n) is 1.15. The van der Waals surface area contributed by atoms with Gasteiger partial charge >= 0.3 is 6.18 Å². The summed E-state index contributed by atoms with van der Waals surface area (Å²) in [5.74, 6) is 5.07. The fourth-order valence-corrected chi connectivity index (χ4v) is 1.15. The van der Waals surface area contributed by atoms with Crippen LogP contribution in [0.15, 0.2) is 6.07 Å². The lowest BCUT2D eigenvalue weighted by molar-refractivity contribution is -0.128.